The van der Waals surface area contributed by atoms with Crippen LogP contribution in [0.4, 0.5) is 10.3 Å². The number of aromatic nitrogens is 3. The summed E-state index contributed by atoms with van der Waals surface area (Å²) in [6, 6.07) is 16.2. The third-order valence-corrected chi connectivity index (χ3v) is 7.67. The van der Waals surface area contributed by atoms with E-state index in [1.54, 1.807) is 25.1 Å². The molecule has 1 aliphatic rings. The Labute approximate surface area is 203 Å². The van der Waals surface area contributed by atoms with Gasteiger partial charge in [-0.3, -0.25) is 0 Å². The number of rotatable bonds is 8. The SMILES string of the molecule is Cc1cc(CS(=O)(=O)NCC2CCN(c3nc4ccccc4n3Cc3ccc(F)cc3)CC2)no1. The zero-order valence-electron chi connectivity index (χ0n) is 19.5. The van der Waals surface area contributed by atoms with Crippen LogP contribution in [0.3, 0.4) is 0 Å². The van der Waals surface area contributed by atoms with Crippen LogP contribution in [0.5, 0.6) is 0 Å². The van der Waals surface area contributed by atoms with Crippen molar-refractivity contribution in [2.24, 2.45) is 5.92 Å². The van der Waals surface area contributed by atoms with E-state index in [0.29, 0.717) is 24.5 Å². The van der Waals surface area contributed by atoms with Gasteiger partial charge in [-0.2, -0.15) is 0 Å². The van der Waals surface area contributed by atoms with Gasteiger partial charge in [0.1, 0.15) is 23.0 Å². The van der Waals surface area contributed by atoms with Crippen LogP contribution in [-0.2, 0) is 22.3 Å². The smallest absolute Gasteiger partial charge is 0.217 e. The van der Waals surface area contributed by atoms with Crippen molar-refractivity contribution in [3.63, 3.8) is 0 Å². The second kappa shape index (κ2) is 9.79. The number of nitrogens with zero attached hydrogens (tertiary/aromatic N) is 4. The van der Waals surface area contributed by atoms with E-state index in [2.05, 4.69) is 19.3 Å². The summed E-state index contributed by atoms with van der Waals surface area (Å²) in [6.45, 7) is 4.29. The van der Waals surface area contributed by atoms with Gasteiger partial charge in [0.05, 0.1) is 17.6 Å². The van der Waals surface area contributed by atoms with E-state index in [1.165, 1.54) is 12.1 Å². The van der Waals surface area contributed by atoms with E-state index in [1.807, 2.05) is 24.3 Å². The number of fused-ring (bicyclic) bond motifs is 1. The van der Waals surface area contributed by atoms with Crippen molar-refractivity contribution in [2.75, 3.05) is 24.5 Å². The third-order valence-electron chi connectivity index (χ3n) is 6.39. The average molecular weight is 498 g/mol. The summed E-state index contributed by atoms with van der Waals surface area (Å²) in [4.78, 5) is 7.15. The van der Waals surface area contributed by atoms with E-state index >= 15 is 0 Å². The van der Waals surface area contributed by atoms with Crippen molar-refractivity contribution in [1.82, 2.24) is 19.4 Å². The number of sulfonamides is 1. The molecule has 4 aromatic rings. The highest BCUT2D eigenvalue weighted by molar-refractivity contribution is 7.88. The molecule has 10 heteroatoms. The molecule has 3 heterocycles. The monoisotopic (exact) mass is 497 g/mol. The maximum Gasteiger partial charge on any atom is 0.217 e. The summed E-state index contributed by atoms with van der Waals surface area (Å²) in [7, 11) is -3.48. The second-order valence-corrected chi connectivity index (χ2v) is 10.9. The van der Waals surface area contributed by atoms with Crippen molar-refractivity contribution in [3.8, 4) is 0 Å². The highest BCUT2D eigenvalue weighted by atomic mass is 32.2. The zero-order chi connectivity index (χ0) is 24.4. The van der Waals surface area contributed by atoms with Gasteiger partial charge in [-0.15, -0.1) is 0 Å². The lowest BCUT2D eigenvalue weighted by Crippen LogP contribution is -2.40. The summed E-state index contributed by atoms with van der Waals surface area (Å²) in [5.74, 6) is 1.29. The molecule has 1 aliphatic heterocycles. The predicted molar refractivity (Wildman–Crippen MR) is 132 cm³/mol. The minimum absolute atomic E-state index is 0.184. The number of hydrogen-bond donors (Lipinski definition) is 1. The Morgan fingerprint density at radius 2 is 1.86 bits per heavy atom. The molecule has 0 unspecified atom stereocenters. The van der Waals surface area contributed by atoms with Gasteiger partial charge in [-0.25, -0.2) is 22.5 Å². The Balaban J connectivity index is 1.24. The van der Waals surface area contributed by atoms with Crippen molar-refractivity contribution >= 4 is 27.0 Å². The highest BCUT2D eigenvalue weighted by Gasteiger charge is 2.25. The molecule has 1 N–H and O–H groups in total. The topological polar surface area (TPSA) is 93.3 Å². The average Bonchev–Trinajstić information content (AvgIpc) is 3.42. The largest absolute Gasteiger partial charge is 0.361 e. The molecule has 8 nitrogen and oxygen atoms in total. The first-order chi connectivity index (χ1) is 16.9. The lowest BCUT2D eigenvalue weighted by molar-refractivity contribution is 0.391. The fraction of sp³-hybridized carbons (Fsp3) is 0.360. The summed E-state index contributed by atoms with van der Waals surface area (Å²) in [6.07, 6.45) is 1.71. The molecule has 0 spiro atoms. The number of imidazole rings is 1. The molecule has 0 saturated carbocycles. The zero-order valence-corrected chi connectivity index (χ0v) is 20.3. The Hall–Kier alpha value is -3.24. The molecule has 0 amide bonds. The number of aryl methyl sites for hydroxylation is 1. The minimum atomic E-state index is -3.48. The minimum Gasteiger partial charge on any atom is -0.361 e. The second-order valence-electron chi connectivity index (χ2n) is 9.08. The van der Waals surface area contributed by atoms with Gasteiger partial charge < -0.3 is 14.0 Å². The molecule has 0 atom stereocenters. The molecule has 2 aromatic carbocycles. The Morgan fingerprint density at radius 3 is 2.57 bits per heavy atom. The number of halogens is 1. The standard InChI is InChI=1S/C25H28FN5O3S/c1-18-14-22(29-34-18)17-35(32,33)27-15-19-10-12-30(13-11-19)25-28-23-4-2-3-5-24(23)31(25)16-20-6-8-21(26)9-7-20/h2-9,14,19,27H,10-13,15-17H2,1H3. The van der Waals surface area contributed by atoms with E-state index in [-0.39, 0.29) is 17.5 Å². The fourth-order valence-corrected chi connectivity index (χ4v) is 5.66. The number of para-hydroxylation sites is 2. The molecular weight excluding hydrogens is 469 g/mol. The lowest BCUT2D eigenvalue weighted by atomic mass is 9.97. The molecule has 2 aromatic heterocycles. The Kier molecular flexibility index (Phi) is 6.57. The quantitative estimate of drug-likeness (QED) is 0.397. The van der Waals surface area contributed by atoms with Crippen LogP contribution in [0.15, 0.2) is 59.1 Å². The fourth-order valence-electron chi connectivity index (χ4n) is 4.55. The summed E-state index contributed by atoms with van der Waals surface area (Å²) in [5.41, 5.74) is 3.36. The lowest BCUT2D eigenvalue weighted by Gasteiger charge is -2.33. The van der Waals surface area contributed by atoms with Crippen LogP contribution in [0.25, 0.3) is 11.0 Å². The molecule has 35 heavy (non-hydrogen) atoms. The van der Waals surface area contributed by atoms with Crippen molar-refractivity contribution in [2.45, 2.75) is 32.1 Å². The number of piperidine rings is 1. The van der Waals surface area contributed by atoms with Crippen LogP contribution in [0.1, 0.15) is 29.9 Å². The molecular formula is C25H28FN5O3S. The number of hydrogen-bond acceptors (Lipinski definition) is 6. The van der Waals surface area contributed by atoms with Crippen LogP contribution in [0, 0.1) is 18.7 Å². The Morgan fingerprint density at radius 1 is 1.11 bits per heavy atom. The van der Waals surface area contributed by atoms with Crippen molar-refractivity contribution in [3.05, 3.63) is 77.4 Å². The maximum atomic E-state index is 13.4. The van der Waals surface area contributed by atoms with Crippen molar-refractivity contribution < 1.29 is 17.3 Å². The van der Waals surface area contributed by atoms with E-state index in [0.717, 1.165) is 48.5 Å². The summed E-state index contributed by atoms with van der Waals surface area (Å²) >= 11 is 0. The van der Waals surface area contributed by atoms with E-state index in [4.69, 9.17) is 9.51 Å². The van der Waals surface area contributed by atoms with Gasteiger partial charge in [-0.05, 0) is 55.5 Å². The number of anilines is 1. The molecule has 1 saturated heterocycles. The molecule has 0 bridgehead atoms. The van der Waals surface area contributed by atoms with Crippen molar-refractivity contribution in [1.29, 1.82) is 0 Å². The molecule has 5 rings (SSSR count). The molecule has 184 valence electrons. The predicted octanol–water partition coefficient (Wildman–Crippen LogP) is 3.86. The number of nitrogens with one attached hydrogen (secondary N) is 1. The van der Waals surface area contributed by atoms with Crippen LogP contribution in [0.2, 0.25) is 0 Å². The third kappa shape index (κ3) is 5.54. The maximum absolute atomic E-state index is 13.4. The van der Waals surface area contributed by atoms with Crippen LogP contribution < -0.4 is 9.62 Å². The van der Waals surface area contributed by atoms with Gasteiger partial charge in [-0.1, -0.05) is 29.4 Å². The van der Waals surface area contributed by atoms with Gasteiger partial charge >= 0.3 is 0 Å². The van der Waals surface area contributed by atoms with Gasteiger partial charge in [0.2, 0.25) is 16.0 Å². The highest BCUT2D eigenvalue weighted by Crippen LogP contribution is 2.28. The van der Waals surface area contributed by atoms with E-state index < -0.39 is 10.0 Å². The van der Waals surface area contributed by atoms with Gasteiger partial charge in [0, 0.05) is 25.7 Å². The number of benzene rings is 2. The van der Waals surface area contributed by atoms with Gasteiger partial charge in [0.15, 0.2) is 0 Å². The molecule has 1 fully saturated rings. The van der Waals surface area contributed by atoms with Crippen LogP contribution >= 0.6 is 0 Å². The normalized spacial score (nSPS) is 15.2. The Bertz CT molecular complexity index is 1410. The summed E-state index contributed by atoms with van der Waals surface area (Å²) < 4.78 is 48.1. The van der Waals surface area contributed by atoms with Crippen LogP contribution in [-0.4, -0.2) is 42.8 Å². The van der Waals surface area contributed by atoms with Gasteiger partial charge in [0.25, 0.3) is 0 Å². The summed E-state index contributed by atoms with van der Waals surface area (Å²) in [5, 5.41) is 3.77. The molecule has 0 aliphatic carbocycles. The first kappa shape index (κ1) is 23.5. The van der Waals surface area contributed by atoms with E-state index in [9.17, 15) is 12.8 Å². The first-order valence-electron chi connectivity index (χ1n) is 11.7. The first-order valence-corrected chi connectivity index (χ1v) is 13.4. The molecule has 0 radical (unpaired) electrons.